The Bertz CT molecular complexity index is 735. The van der Waals surface area contributed by atoms with E-state index in [1.54, 1.807) is 23.1 Å². The summed E-state index contributed by atoms with van der Waals surface area (Å²) in [6.07, 6.45) is 1.75. The van der Waals surface area contributed by atoms with Gasteiger partial charge >= 0.3 is 0 Å². The molecule has 0 spiro atoms. The van der Waals surface area contributed by atoms with Gasteiger partial charge < -0.3 is 4.90 Å². The zero-order valence-electron chi connectivity index (χ0n) is 11.8. The van der Waals surface area contributed by atoms with Gasteiger partial charge in [0.25, 0.3) is 5.91 Å². The van der Waals surface area contributed by atoms with Crippen LogP contribution in [0.15, 0.2) is 60.2 Å². The van der Waals surface area contributed by atoms with Crippen LogP contribution < -0.4 is 0 Å². The molecule has 0 atom stereocenters. The zero-order valence-corrected chi connectivity index (χ0v) is 12.6. The highest BCUT2D eigenvalue weighted by molar-refractivity contribution is 6.45. The number of benzene rings is 2. The van der Waals surface area contributed by atoms with E-state index in [1.807, 2.05) is 42.5 Å². The Hall–Kier alpha value is -2.39. The molecule has 0 N–H and O–H groups in total. The molecule has 22 heavy (non-hydrogen) atoms. The molecule has 3 nitrogen and oxygen atoms in total. The number of nitrogens with zero attached hydrogens (tertiary/aromatic N) is 1. The lowest BCUT2D eigenvalue weighted by Crippen LogP contribution is -2.26. The topological polar surface area (TPSA) is 37.4 Å². The summed E-state index contributed by atoms with van der Waals surface area (Å²) < 4.78 is 0. The Labute approximate surface area is 133 Å². The second-order valence-corrected chi connectivity index (χ2v) is 5.63. The van der Waals surface area contributed by atoms with Gasteiger partial charge in [0.05, 0.1) is 6.54 Å². The van der Waals surface area contributed by atoms with Crippen molar-refractivity contribution in [3.05, 3.63) is 76.3 Å². The first kappa shape index (κ1) is 14.5. The molecule has 1 heterocycles. The van der Waals surface area contributed by atoms with Crippen molar-refractivity contribution in [3.63, 3.8) is 0 Å². The molecule has 2 aromatic carbocycles. The number of halogens is 1. The molecule has 3 rings (SSSR count). The Morgan fingerprint density at radius 2 is 1.68 bits per heavy atom. The second-order valence-electron chi connectivity index (χ2n) is 5.20. The minimum Gasteiger partial charge on any atom is -0.327 e. The van der Waals surface area contributed by atoms with Gasteiger partial charge in [-0.25, -0.2) is 0 Å². The molecule has 4 heteroatoms. The van der Waals surface area contributed by atoms with E-state index in [0.29, 0.717) is 23.7 Å². The molecule has 1 saturated heterocycles. The first-order valence-corrected chi connectivity index (χ1v) is 7.35. The maximum atomic E-state index is 12.1. The minimum absolute atomic E-state index is 0.342. The van der Waals surface area contributed by atoms with Crippen LogP contribution in [0.1, 0.15) is 11.1 Å². The van der Waals surface area contributed by atoms with Crippen LogP contribution in [0.4, 0.5) is 0 Å². The van der Waals surface area contributed by atoms with E-state index in [4.69, 9.17) is 11.6 Å². The number of carbonyl (C=O) groups is 2. The SMILES string of the molecule is O=C1C(=O)N(Cc2ccccc2)C/C1=C/c1ccc(Cl)cc1. The number of ketones is 1. The third kappa shape index (κ3) is 3.10. The predicted octanol–water partition coefficient (Wildman–Crippen LogP) is 3.33. The fourth-order valence-electron chi connectivity index (χ4n) is 2.43. The lowest BCUT2D eigenvalue weighted by molar-refractivity contribution is -0.139. The molecule has 1 aliphatic rings. The van der Waals surface area contributed by atoms with E-state index < -0.39 is 11.7 Å². The quantitative estimate of drug-likeness (QED) is 0.644. The molecular formula is C18H14ClNO2. The van der Waals surface area contributed by atoms with E-state index in [1.165, 1.54) is 0 Å². The molecule has 0 bridgehead atoms. The first-order chi connectivity index (χ1) is 10.6. The van der Waals surface area contributed by atoms with Gasteiger partial charge in [0, 0.05) is 17.1 Å². The van der Waals surface area contributed by atoms with Gasteiger partial charge in [-0.2, -0.15) is 0 Å². The highest BCUT2D eigenvalue weighted by Gasteiger charge is 2.33. The van der Waals surface area contributed by atoms with E-state index in [2.05, 4.69) is 0 Å². The van der Waals surface area contributed by atoms with Crippen LogP contribution in [0.3, 0.4) is 0 Å². The van der Waals surface area contributed by atoms with E-state index >= 15 is 0 Å². The van der Waals surface area contributed by atoms with Gasteiger partial charge in [0.2, 0.25) is 5.78 Å². The molecule has 1 fully saturated rings. The summed E-state index contributed by atoms with van der Waals surface area (Å²) in [5, 5.41) is 0.640. The van der Waals surface area contributed by atoms with E-state index in [-0.39, 0.29) is 0 Å². The smallest absolute Gasteiger partial charge is 0.295 e. The molecule has 0 aromatic heterocycles. The third-order valence-corrected chi connectivity index (χ3v) is 3.81. The average molecular weight is 312 g/mol. The van der Waals surface area contributed by atoms with Crippen LogP contribution in [0, 0.1) is 0 Å². The average Bonchev–Trinajstić information content (AvgIpc) is 2.79. The van der Waals surface area contributed by atoms with Crippen molar-refractivity contribution in [2.24, 2.45) is 0 Å². The Kier molecular flexibility index (Phi) is 4.07. The Morgan fingerprint density at radius 1 is 1.00 bits per heavy atom. The molecule has 0 saturated carbocycles. The van der Waals surface area contributed by atoms with Gasteiger partial charge in [0.15, 0.2) is 0 Å². The number of carbonyl (C=O) groups excluding carboxylic acids is 2. The van der Waals surface area contributed by atoms with Crippen LogP contribution in [0.5, 0.6) is 0 Å². The van der Waals surface area contributed by atoms with Gasteiger partial charge in [-0.1, -0.05) is 54.1 Å². The molecular weight excluding hydrogens is 298 g/mol. The van der Waals surface area contributed by atoms with Crippen LogP contribution in [0.2, 0.25) is 5.02 Å². The first-order valence-electron chi connectivity index (χ1n) is 6.97. The van der Waals surface area contributed by atoms with Crippen molar-refractivity contribution in [2.45, 2.75) is 6.54 Å². The lowest BCUT2D eigenvalue weighted by atomic mass is 10.1. The van der Waals surface area contributed by atoms with Crippen molar-refractivity contribution in [1.82, 2.24) is 4.90 Å². The van der Waals surface area contributed by atoms with Gasteiger partial charge in [0.1, 0.15) is 0 Å². The molecule has 1 aliphatic heterocycles. The Morgan fingerprint density at radius 3 is 2.36 bits per heavy atom. The fourth-order valence-corrected chi connectivity index (χ4v) is 2.56. The van der Waals surface area contributed by atoms with Crippen molar-refractivity contribution in [3.8, 4) is 0 Å². The largest absolute Gasteiger partial charge is 0.327 e. The number of Topliss-reactive ketones (excluding diaryl/α,β-unsaturated/α-hetero) is 1. The summed E-state index contributed by atoms with van der Waals surface area (Å²) in [5.74, 6) is -0.866. The van der Waals surface area contributed by atoms with E-state index in [9.17, 15) is 9.59 Å². The highest BCUT2D eigenvalue weighted by Crippen LogP contribution is 2.20. The molecule has 0 aliphatic carbocycles. The van der Waals surface area contributed by atoms with Crippen LogP contribution in [-0.4, -0.2) is 23.1 Å². The van der Waals surface area contributed by atoms with Crippen molar-refractivity contribution >= 4 is 29.4 Å². The minimum atomic E-state index is -0.441. The summed E-state index contributed by atoms with van der Waals surface area (Å²) in [6.45, 7) is 0.790. The summed E-state index contributed by atoms with van der Waals surface area (Å²) in [4.78, 5) is 25.7. The van der Waals surface area contributed by atoms with Crippen LogP contribution in [-0.2, 0) is 16.1 Å². The number of hydrogen-bond donors (Lipinski definition) is 0. The highest BCUT2D eigenvalue weighted by atomic mass is 35.5. The number of rotatable bonds is 3. The normalized spacial score (nSPS) is 16.6. The molecule has 0 radical (unpaired) electrons. The molecule has 110 valence electrons. The van der Waals surface area contributed by atoms with Crippen LogP contribution >= 0.6 is 11.6 Å². The van der Waals surface area contributed by atoms with Gasteiger partial charge in [-0.3, -0.25) is 9.59 Å². The zero-order chi connectivity index (χ0) is 15.5. The third-order valence-electron chi connectivity index (χ3n) is 3.56. The maximum Gasteiger partial charge on any atom is 0.295 e. The van der Waals surface area contributed by atoms with Crippen LogP contribution in [0.25, 0.3) is 6.08 Å². The lowest BCUT2D eigenvalue weighted by Gasteiger charge is -2.13. The standard InChI is InChI=1S/C18H14ClNO2/c19-16-8-6-13(7-9-16)10-15-12-20(18(22)17(15)21)11-14-4-2-1-3-5-14/h1-10H,11-12H2/b15-10-. The van der Waals surface area contributed by atoms with Crippen molar-refractivity contribution in [2.75, 3.05) is 6.54 Å². The summed E-state index contributed by atoms with van der Waals surface area (Å²) in [7, 11) is 0. The van der Waals surface area contributed by atoms with Gasteiger partial charge in [-0.05, 0) is 29.3 Å². The van der Waals surface area contributed by atoms with E-state index in [0.717, 1.165) is 11.1 Å². The fraction of sp³-hybridized carbons (Fsp3) is 0.111. The number of amides is 1. The second kappa shape index (κ2) is 6.16. The molecule has 2 aromatic rings. The summed E-state index contributed by atoms with van der Waals surface area (Å²) in [6, 6.07) is 16.8. The van der Waals surface area contributed by atoms with Crippen molar-refractivity contribution < 1.29 is 9.59 Å². The van der Waals surface area contributed by atoms with Crippen molar-refractivity contribution in [1.29, 1.82) is 0 Å². The maximum absolute atomic E-state index is 12.1. The van der Waals surface area contributed by atoms with Gasteiger partial charge in [-0.15, -0.1) is 0 Å². The number of hydrogen-bond acceptors (Lipinski definition) is 2. The Balaban J connectivity index is 1.79. The number of likely N-dealkylation sites (tertiary alicyclic amines) is 1. The predicted molar refractivity (Wildman–Crippen MR) is 86.3 cm³/mol. The summed E-state index contributed by atoms with van der Waals surface area (Å²) in [5.41, 5.74) is 2.39. The molecule has 0 unspecified atom stereocenters. The monoisotopic (exact) mass is 311 g/mol. The summed E-state index contributed by atoms with van der Waals surface area (Å²) >= 11 is 5.84. The molecule has 1 amide bonds.